The Morgan fingerprint density at radius 3 is 2.67 bits per heavy atom. The predicted molar refractivity (Wildman–Crippen MR) is 79.0 cm³/mol. The van der Waals surface area contributed by atoms with E-state index in [0.717, 1.165) is 15.3 Å². The van der Waals surface area contributed by atoms with Crippen molar-refractivity contribution in [3.05, 3.63) is 28.7 Å². The Kier molecular flexibility index (Phi) is 3.15. The molecule has 1 fully saturated rings. The number of fused-ring (bicyclic) bond motifs is 1. The van der Waals surface area contributed by atoms with Crippen LogP contribution >= 0.6 is 27.7 Å². The second kappa shape index (κ2) is 4.54. The van der Waals surface area contributed by atoms with Gasteiger partial charge in [0, 0.05) is 15.4 Å². The summed E-state index contributed by atoms with van der Waals surface area (Å²) in [7, 11) is -2.87. The molecule has 7 heteroatoms. The Morgan fingerprint density at radius 1 is 1.28 bits per heavy atom. The first-order valence-corrected chi connectivity index (χ1v) is 8.99. The van der Waals surface area contributed by atoms with Crippen LogP contribution in [0.1, 0.15) is 0 Å². The molecule has 0 aromatic heterocycles. The van der Waals surface area contributed by atoms with Gasteiger partial charge in [-0.2, -0.15) is 0 Å². The van der Waals surface area contributed by atoms with Crippen molar-refractivity contribution >= 4 is 48.4 Å². The number of hydrogen-bond donors (Lipinski definition) is 1. The summed E-state index contributed by atoms with van der Waals surface area (Å²) in [5, 5.41) is 4.13. The Balaban J connectivity index is 1.71. The maximum atomic E-state index is 11.4. The van der Waals surface area contributed by atoms with Gasteiger partial charge in [0.15, 0.2) is 15.0 Å². The minimum absolute atomic E-state index is 0.0713. The fourth-order valence-electron chi connectivity index (χ4n) is 2.07. The van der Waals surface area contributed by atoms with E-state index >= 15 is 0 Å². The number of amidine groups is 1. The van der Waals surface area contributed by atoms with Crippen molar-refractivity contribution in [3.63, 3.8) is 0 Å². The van der Waals surface area contributed by atoms with Crippen LogP contribution in [-0.4, -0.2) is 36.4 Å². The largest absolute Gasteiger partial charge is 0.335 e. The number of rotatable bonds is 1. The van der Waals surface area contributed by atoms with E-state index in [2.05, 4.69) is 26.2 Å². The number of hydrogen-bond acceptors (Lipinski definition) is 5. The highest BCUT2D eigenvalue weighted by Gasteiger charge is 2.42. The second-order valence-corrected chi connectivity index (χ2v) is 8.66. The topological polar surface area (TPSA) is 58.5 Å². The fraction of sp³-hybridized carbons (Fsp3) is 0.364. The molecule has 18 heavy (non-hydrogen) atoms. The van der Waals surface area contributed by atoms with E-state index in [4.69, 9.17) is 0 Å². The highest BCUT2D eigenvalue weighted by atomic mass is 79.9. The molecule has 1 aromatic rings. The molecular formula is C11H11BrN2O2S2. The molecule has 0 amide bonds. The lowest BCUT2D eigenvalue weighted by atomic mass is 10.3. The van der Waals surface area contributed by atoms with Gasteiger partial charge in [0.2, 0.25) is 0 Å². The number of thioether (sulfide) groups is 1. The van der Waals surface area contributed by atoms with E-state index in [1.54, 1.807) is 0 Å². The van der Waals surface area contributed by atoms with Crippen LogP contribution in [0.4, 0.5) is 5.69 Å². The molecule has 96 valence electrons. The number of nitrogens with zero attached hydrogens (tertiary/aromatic N) is 1. The summed E-state index contributed by atoms with van der Waals surface area (Å²) < 4.78 is 23.9. The van der Waals surface area contributed by atoms with Crippen molar-refractivity contribution in [1.82, 2.24) is 0 Å². The van der Waals surface area contributed by atoms with Gasteiger partial charge in [0.1, 0.15) is 0 Å². The average molecular weight is 347 g/mol. The van der Waals surface area contributed by atoms with Crippen LogP contribution in [0.25, 0.3) is 0 Å². The SMILES string of the molecule is O=S1(=O)C[C@@H]2SC(Nc3ccc(Br)cc3)=N[C@@H]2C1. The Bertz CT molecular complexity index is 598. The van der Waals surface area contributed by atoms with Gasteiger partial charge < -0.3 is 5.32 Å². The van der Waals surface area contributed by atoms with Crippen molar-refractivity contribution in [2.24, 2.45) is 4.99 Å². The summed E-state index contributed by atoms with van der Waals surface area (Å²) in [6, 6.07) is 7.75. The Labute approximate surface area is 118 Å². The smallest absolute Gasteiger partial charge is 0.161 e. The molecule has 1 N–H and O–H groups in total. The first kappa shape index (κ1) is 12.5. The van der Waals surface area contributed by atoms with Crippen molar-refractivity contribution < 1.29 is 8.42 Å². The van der Waals surface area contributed by atoms with Crippen LogP contribution in [0.15, 0.2) is 33.7 Å². The molecule has 1 saturated heterocycles. The van der Waals surface area contributed by atoms with Crippen LogP contribution in [0.5, 0.6) is 0 Å². The molecule has 0 radical (unpaired) electrons. The average Bonchev–Trinajstić information content (AvgIpc) is 2.74. The van der Waals surface area contributed by atoms with Crippen LogP contribution in [-0.2, 0) is 9.84 Å². The molecule has 0 saturated carbocycles. The van der Waals surface area contributed by atoms with Crippen LogP contribution in [0.2, 0.25) is 0 Å². The van der Waals surface area contributed by atoms with Gasteiger partial charge in [0.05, 0.1) is 17.5 Å². The number of benzene rings is 1. The van der Waals surface area contributed by atoms with Gasteiger partial charge in [-0.25, -0.2) is 8.42 Å². The third-order valence-corrected chi connectivity index (χ3v) is 6.58. The first-order valence-electron chi connectivity index (χ1n) is 5.49. The molecule has 1 aromatic carbocycles. The zero-order chi connectivity index (χ0) is 12.8. The quantitative estimate of drug-likeness (QED) is 0.846. The van der Waals surface area contributed by atoms with Crippen LogP contribution in [0.3, 0.4) is 0 Å². The van der Waals surface area contributed by atoms with Gasteiger partial charge >= 0.3 is 0 Å². The molecular weight excluding hydrogens is 336 g/mol. The first-order chi connectivity index (χ1) is 8.52. The molecule has 4 nitrogen and oxygen atoms in total. The highest BCUT2D eigenvalue weighted by Crippen LogP contribution is 2.34. The third-order valence-electron chi connectivity index (χ3n) is 2.91. The number of aliphatic imine (C=N–C) groups is 1. The zero-order valence-corrected chi connectivity index (χ0v) is 12.6. The van der Waals surface area contributed by atoms with Crippen molar-refractivity contribution in [1.29, 1.82) is 0 Å². The summed E-state index contributed by atoms with van der Waals surface area (Å²) in [6.45, 7) is 0. The highest BCUT2D eigenvalue weighted by molar-refractivity contribution is 9.10. The Morgan fingerprint density at radius 2 is 2.00 bits per heavy atom. The summed E-state index contributed by atoms with van der Waals surface area (Å²) in [4.78, 5) is 4.44. The molecule has 2 aliphatic heterocycles. The van der Waals surface area contributed by atoms with E-state index in [1.165, 1.54) is 11.8 Å². The van der Waals surface area contributed by atoms with E-state index in [1.807, 2.05) is 24.3 Å². The van der Waals surface area contributed by atoms with E-state index in [-0.39, 0.29) is 22.8 Å². The van der Waals surface area contributed by atoms with Gasteiger partial charge in [-0.1, -0.05) is 27.7 Å². The standard InChI is InChI=1S/C11H11BrN2O2S2/c12-7-1-3-8(4-2-7)13-11-14-9-5-18(15,16)6-10(9)17-11/h1-4,9-10H,5-6H2,(H,13,14)/t9-,10+/m1/s1. The maximum Gasteiger partial charge on any atom is 0.161 e. The van der Waals surface area contributed by atoms with E-state index in [0.29, 0.717) is 0 Å². The van der Waals surface area contributed by atoms with Crippen LogP contribution in [0, 0.1) is 0 Å². The van der Waals surface area contributed by atoms with Crippen molar-refractivity contribution in [2.75, 3.05) is 16.8 Å². The molecule has 3 rings (SSSR count). The normalized spacial score (nSPS) is 28.8. The summed E-state index contributed by atoms with van der Waals surface area (Å²) in [6.07, 6.45) is 0. The summed E-state index contributed by atoms with van der Waals surface area (Å²) >= 11 is 4.91. The monoisotopic (exact) mass is 346 g/mol. The molecule has 0 unspecified atom stereocenters. The van der Waals surface area contributed by atoms with E-state index < -0.39 is 9.84 Å². The lowest BCUT2D eigenvalue weighted by molar-refractivity contribution is 0.601. The predicted octanol–water partition coefficient (Wildman–Crippen LogP) is 2.13. The minimum atomic E-state index is -2.87. The Hall–Kier alpha value is -0.530. The van der Waals surface area contributed by atoms with E-state index in [9.17, 15) is 8.42 Å². The molecule has 2 heterocycles. The zero-order valence-electron chi connectivity index (χ0n) is 9.34. The summed E-state index contributed by atoms with van der Waals surface area (Å²) in [5.41, 5.74) is 0.965. The van der Waals surface area contributed by atoms with Gasteiger partial charge in [-0.3, -0.25) is 4.99 Å². The number of nitrogens with one attached hydrogen (secondary N) is 1. The van der Waals surface area contributed by atoms with Gasteiger partial charge in [-0.05, 0) is 24.3 Å². The molecule has 0 aliphatic carbocycles. The maximum absolute atomic E-state index is 11.4. The van der Waals surface area contributed by atoms with Crippen molar-refractivity contribution in [3.8, 4) is 0 Å². The molecule has 0 spiro atoms. The van der Waals surface area contributed by atoms with Gasteiger partial charge in [-0.15, -0.1) is 0 Å². The van der Waals surface area contributed by atoms with Crippen molar-refractivity contribution in [2.45, 2.75) is 11.3 Å². The number of halogens is 1. The summed E-state index contributed by atoms with van der Waals surface area (Å²) in [5.74, 6) is 0.438. The lowest BCUT2D eigenvalue weighted by Crippen LogP contribution is -2.13. The molecule has 2 aliphatic rings. The molecule has 2 atom stereocenters. The number of anilines is 1. The minimum Gasteiger partial charge on any atom is -0.335 e. The van der Waals surface area contributed by atoms with Gasteiger partial charge in [0.25, 0.3) is 0 Å². The fourth-order valence-corrected chi connectivity index (χ4v) is 6.01. The van der Waals surface area contributed by atoms with Crippen LogP contribution < -0.4 is 5.32 Å². The lowest BCUT2D eigenvalue weighted by Gasteiger charge is -2.06. The molecule has 0 bridgehead atoms. The third kappa shape index (κ3) is 2.57. The second-order valence-electron chi connectivity index (χ2n) is 4.37. The number of sulfone groups is 1.